The van der Waals surface area contributed by atoms with E-state index < -0.39 is 0 Å². The molecule has 0 fully saturated rings. The topological polar surface area (TPSA) is 3.24 Å². The minimum Gasteiger partial charge on any atom is -0.334 e. The van der Waals surface area contributed by atoms with E-state index in [4.69, 9.17) is 12.2 Å². The molecule has 0 aromatic heterocycles. The van der Waals surface area contributed by atoms with Crippen LogP contribution in [0.15, 0.2) is 12.3 Å². The average Bonchev–Trinajstić information content (AvgIpc) is 2.12. The number of thiocarbonyl (C=S) groups is 1. The maximum Gasteiger partial charge on any atom is 0.137 e. The Balaban J connectivity index is 2.48. The molecule has 0 aromatic rings. The second kappa shape index (κ2) is 2.51. The third kappa shape index (κ3) is 1.23. The van der Waals surface area contributed by atoms with Crippen molar-refractivity contribution < 1.29 is 0 Å². The molecule has 8 heavy (non-hydrogen) atoms. The fraction of sp³-hybridized carbons (Fsp3) is 0.400. The van der Waals surface area contributed by atoms with Crippen molar-refractivity contribution in [1.82, 2.24) is 4.90 Å². The van der Waals surface area contributed by atoms with Gasteiger partial charge < -0.3 is 4.90 Å². The van der Waals surface area contributed by atoms with Crippen LogP contribution in [0.1, 0.15) is 6.42 Å². The van der Waals surface area contributed by atoms with Gasteiger partial charge in [-0.1, -0.05) is 18.3 Å². The summed E-state index contributed by atoms with van der Waals surface area (Å²) in [6.45, 7) is 1.00. The van der Waals surface area contributed by atoms with Crippen molar-refractivity contribution in [1.29, 1.82) is 0 Å². The molecule has 3 heteroatoms. The first-order valence-electron chi connectivity index (χ1n) is 2.47. The summed E-state index contributed by atoms with van der Waals surface area (Å²) < 4.78 is 0.666. The molecule has 0 N–H and O–H groups in total. The molecule has 0 radical (unpaired) electrons. The van der Waals surface area contributed by atoms with Crippen LogP contribution in [0.3, 0.4) is 0 Å². The standard InChI is InChI=1S/C5H7NS2/c7-5(8)6-3-1-2-4-6/h1,3H,2,4H2,(H,7,8). The van der Waals surface area contributed by atoms with Crippen LogP contribution >= 0.6 is 24.8 Å². The van der Waals surface area contributed by atoms with E-state index in [0.29, 0.717) is 4.32 Å². The summed E-state index contributed by atoms with van der Waals surface area (Å²) in [6.07, 6.45) is 5.15. The Kier molecular flexibility index (Phi) is 1.91. The van der Waals surface area contributed by atoms with E-state index in [1.165, 1.54) is 0 Å². The van der Waals surface area contributed by atoms with Gasteiger partial charge in [0.25, 0.3) is 0 Å². The molecule has 1 nitrogen and oxygen atoms in total. The monoisotopic (exact) mass is 145 g/mol. The minimum absolute atomic E-state index is 0.666. The first kappa shape index (κ1) is 6.11. The highest BCUT2D eigenvalue weighted by Gasteiger charge is 2.04. The van der Waals surface area contributed by atoms with Crippen LogP contribution in [0.2, 0.25) is 0 Å². The van der Waals surface area contributed by atoms with Crippen LogP contribution in [0.25, 0.3) is 0 Å². The van der Waals surface area contributed by atoms with E-state index in [1.807, 2.05) is 11.1 Å². The number of hydrogen-bond acceptors (Lipinski definition) is 1. The summed E-state index contributed by atoms with van der Waals surface area (Å²) >= 11 is 8.79. The fourth-order valence-electron chi connectivity index (χ4n) is 0.649. The van der Waals surface area contributed by atoms with Crippen molar-refractivity contribution in [2.75, 3.05) is 6.54 Å². The molecular weight excluding hydrogens is 138 g/mol. The van der Waals surface area contributed by atoms with Gasteiger partial charge in [0, 0.05) is 12.7 Å². The van der Waals surface area contributed by atoms with Crippen LogP contribution in [-0.2, 0) is 0 Å². The maximum absolute atomic E-state index is 4.79. The van der Waals surface area contributed by atoms with Crippen molar-refractivity contribution in [3.63, 3.8) is 0 Å². The van der Waals surface area contributed by atoms with E-state index in [2.05, 4.69) is 18.7 Å². The Bertz CT molecular complexity index is 130. The lowest BCUT2D eigenvalue weighted by molar-refractivity contribution is 0.624. The molecule has 0 atom stereocenters. The Morgan fingerprint density at radius 1 is 1.75 bits per heavy atom. The summed E-state index contributed by atoms with van der Waals surface area (Å²) in [7, 11) is 0. The molecule has 0 aromatic carbocycles. The summed E-state index contributed by atoms with van der Waals surface area (Å²) in [5, 5.41) is 0. The number of rotatable bonds is 0. The predicted octanol–water partition coefficient (Wildman–Crippen LogP) is 1.42. The van der Waals surface area contributed by atoms with E-state index in [-0.39, 0.29) is 0 Å². The number of hydrogen-bond donors (Lipinski definition) is 1. The van der Waals surface area contributed by atoms with Gasteiger partial charge in [0.2, 0.25) is 0 Å². The SMILES string of the molecule is S=C(S)N1C=CCC1. The summed E-state index contributed by atoms with van der Waals surface area (Å²) in [4.78, 5) is 1.94. The number of nitrogens with zero attached hydrogens (tertiary/aromatic N) is 1. The fourth-order valence-corrected chi connectivity index (χ4v) is 0.968. The summed E-state index contributed by atoms with van der Waals surface area (Å²) in [5.74, 6) is 0. The van der Waals surface area contributed by atoms with Crippen LogP contribution in [0.5, 0.6) is 0 Å². The first-order valence-corrected chi connectivity index (χ1v) is 3.32. The summed E-state index contributed by atoms with van der Waals surface area (Å²) in [6, 6.07) is 0. The van der Waals surface area contributed by atoms with Gasteiger partial charge in [0.15, 0.2) is 0 Å². The Labute approximate surface area is 59.8 Å². The quantitative estimate of drug-likeness (QED) is 0.405. The zero-order chi connectivity index (χ0) is 5.98. The van der Waals surface area contributed by atoms with Crippen LogP contribution in [0.4, 0.5) is 0 Å². The van der Waals surface area contributed by atoms with Crippen molar-refractivity contribution in [3.05, 3.63) is 12.3 Å². The third-order valence-corrected chi connectivity index (χ3v) is 1.56. The molecule has 0 bridgehead atoms. The van der Waals surface area contributed by atoms with Crippen LogP contribution < -0.4 is 0 Å². The largest absolute Gasteiger partial charge is 0.334 e. The maximum atomic E-state index is 4.79. The molecular formula is C5H7NS2. The lowest BCUT2D eigenvalue weighted by Crippen LogP contribution is -2.15. The van der Waals surface area contributed by atoms with E-state index in [0.717, 1.165) is 13.0 Å². The molecule has 1 rings (SSSR count). The Morgan fingerprint density at radius 3 is 2.75 bits per heavy atom. The second-order valence-corrected chi connectivity index (χ2v) is 2.76. The molecule has 0 saturated carbocycles. The molecule has 1 heterocycles. The molecule has 0 amide bonds. The minimum atomic E-state index is 0.666. The van der Waals surface area contributed by atoms with Gasteiger partial charge >= 0.3 is 0 Å². The highest BCUT2D eigenvalue weighted by molar-refractivity contribution is 8.10. The second-order valence-electron chi connectivity index (χ2n) is 1.65. The molecule has 44 valence electrons. The lowest BCUT2D eigenvalue weighted by atomic mass is 10.5. The van der Waals surface area contributed by atoms with Gasteiger partial charge in [-0.05, 0) is 6.42 Å². The smallest absolute Gasteiger partial charge is 0.137 e. The molecule has 1 aliphatic heterocycles. The van der Waals surface area contributed by atoms with Crippen molar-refractivity contribution >= 4 is 29.2 Å². The highest BCUT2D eigenvalue weighted by atomic mass is 32.1. The molecule has 0 unspecified atom stereocenters. The lowest BCUT2D eigenvalue weighted by Gasteiger charge is -2.09. The summed E-state index contributed by atoms with van der Waals surface area (Å²) in [5.41, 5.74) is 0. The van der Waals surface area contributed by atoms with Gasteiger partial charge in [-0.25, -0.2) is 0 Å². The van der Waals surface area contributed by atoms with Gasteiger partial charge in [0.1, 0.15) is 4.32 Å². The Hall–Kier alpha value is -0.0200. The van der Waals surface area contributed by atoms with Gasteiger partial charge in [-0.15, -0.1) is 12.6 Å². The zero-order valence-electron chi connectivity index (χ0n) is 4.37. The first-order chi connectivity index (χ1) is 3.80. The van der Waals surface area contributed by atoms with Crippen LogP contribution in [-0.4, -0.2) is 15.8 Å². The average molecular weight is 145 g/mol. The number of thiol groups is 1. The Morgan fingerprint density at radius 2 is 2.50 bits per heavy atom. The third-order valence-electron chi connectivity index (χ3n) is 1.07. The predicted molar refractivity (Wildman–Crippen MR) is 42.0 cm³/mol. The normalized spacial score (nSPS) is 17.4. The van der Waals surface area contributed by atoms with Gasteiger partial charge in [0.05, 0.1) is 0 Å². The molecule has 0 aliphatic carbocycles. The zero-order valence-corrected chi connectivity index (χ0v) is 6.08. The highest BCUT2D eigenvalue weighted by Crippen LogP contribution is 2.06. The van der Waals surface area contributed by atoms with Crippen molar-refractivity contribution in [2.45, 2.75) is 6.42 Å². The van der Waals surface area contributed by atoms with Gasteiger partial charge in [-0.2, -0.15) is 0 Å². The molecule has 1 aliphatic rings. The molecule has 0 spiro atoms. The molecule has 0 saturated heterocycles. The van der Waals surface area contributed by atoms with Crippen LogP contribution in [0, 0.1) is 0 Å². The van der Waals surface area contributed by atoms with E-state index in [9.17, 15) is 0 Å². The van der Waals surface area contributed by atoms with Gasteiger partial charge in [-0.3, -0.25) is 0 Å². The van der Waals surface area contributed by atoms with Crippen molar-refractivity contribution in [3.8, 4) is 0 Å². The van der Waals surface area contributed by atoms with E-state index >= 15 is 0 Å². The van der Waals surface area contributed by atoms with E-state index in [1.54, 1.807) is 0 Å². The van der Waals surface area contributed by atoms with Crippen molar-refractivity contribution in [2.24, 2.45) is 0 Å².